The lowest BCUT2D eigenvalue weighted by atomic mass is 9.43. The van der Waals surface area contributed by atoms with E-state index in [1.807, 2.05) is 0 Å². The molecular formula is C18H29NO3S. The molecule has 2 unspecified atom stereocenters. The fraction of sp³-hybridized carbons (Fsp3) is 0.944. The van der Waals surface area contributed by atoms with Gasteiger partial charge in [0.1, 0.15) is 11.4 Å². The maximum Gasteiger partial charge on any atom is 0.262 e. The summed E-state index contributed by atoms with van der Waals surface area (Å²) >= 11 is 0. The van der Waals surface area contributed by atoms with Crippen LogP contribution >= 0.6 is 0 Å². The minimum absolute atomic E-state index is 0.147. The van der Waals surface area contributed by atoms with Crippen molar-refractivity contribution in [2.45, 2.75) is 77.1 Å². The summed E-state index contributed by atoms with van der Waals surface area (Å²) in [6.45, 7) is 7.13. The van der Waals surface area contributed by atoms with Crippen LogP contribution < -0.4 is 0 Å². The first kappa shape index (κ1) is 15.9. The molecular weight excluding hydrogens is 310 g/mol. The minimum Gasteiger partial charge on any atom is -0.475 e. The van der Waals surface area contributed by atoms with Crippen LogP contribution in [0.4, 0.5) is 0 Å². The Kier molecular flexibility index (Phi) is 3.60. The van der Waals surface area contributed by atoms with Gasteiger partial charge in [-0.1, -0.05) is 27.2 Å². The number of fused-ring (bicyclic) bond motifs is 3. The molecule has 23 heavy (non-hydrogen) atoms. The largest absolute Gasteiger partial charge is 0.475 e. The molecule has 4 aliphatic carbocycles. The Morgan fingerprint density at radius 2 is 1.96 bits per heavy atom. The molecule has 130 valence electrons. The van der Waals surface area contributed by atoms with E-state index in [0.29, 0.717) is 36.0 Å². The quantitative estimate of drug-likeness (QED) is 0.769. The molecule has 5 heteroatoms. The lowest BCUT2D eigenvalue weighted by Gasteiger charge is -2.62. The number of hydrogen-bond acceptors (Lipinski definition) is 3. The lowest BCUT2D eigenvalue weighted by molar-refractivity contribution is -0.127. The van der Waals surface area contributed by atoms with Crippen molar-refractivity contribution in [1.29, 1.82) is 0 Å². The molecule has 1 heterocycles. The van der Waals surface area contributed by atoms with Gasteiger partial charge in [0.25, 0.3) is 10.0 Å². The van der Waals surface area contributed by atoms with Crippen molar-refractivity contribution < 1.29 is 13.2 Å². The van der Waals surface area contributed by atoms with E-state index < -0.39 is 15.3 Å². The second-order valence-corrected chi connectivity index (χ2v) is 10.7. The topological polar surface area (TPSA) is 55.7 Å². The van der Waals surface area contributed by atoms with Crippen LogP contribution in [0.1, 0.15) is 65.7 Å². The van der Waals surface area contributed by atoms with E-state index in [-0.39, 0.29) is 6.10 Å². The highest BCUT2D eigenvalue weighted by Crippen LogP contribution is 2.63. The van der Waals surface area contributed by atoms with Crippen LogP contribution in [0.3, 0.4) is 0 Å². The summed E-state index contributed by atoms with van der Waals surface area (Å²) in [5, 5.41) is -0.392. The van der Waals surface area contributed by atoms with E-state index in [1.165, 1.54) is 12.8 Å². The summed E-state index contributed by atoms with van der Waals surface area (Å²) in [6.07, 6.45) is 6.73. The smallest absolute Gasteiger partial charge is 0.262 e. The molecule has 0 saturated heterocycles. The summed E-state index contributed by atoms with van der Waals surface area (Å²) in [5.74, 6) is 3.23. The zero-order chi connectivity index (χ0) is 16.4. The minimum atomic E-state index is -3.36. The summed E-state index contributed by atoms with van der Waals surface area (Å²) in [6, 6.07) is 0. The van der Waals surface area contributed by atoms with Gasteiger partial charge >= 0.3 is 0 Å². The molecule has 4 saturated carbocycles. The van der Waals surface area contributed by atoms with Crippen LogP contribution in [-0.2, 0) is 14.8 Å². The fourth-order valence-corrected chi connectivity index (χ4v) is 7.36. The zero-order valence-corrected chi connectivity index (χ0v) is 15.3. The molecule has 4 fully saturated rings. The molecule has 2 bridgehead atoms. The molecule has 5 aliphatic rings. The van der Waals surface area contributed by atoms with Gasteiger partial charge in [-0.3, -0.25) is 0 Å². The normalized spacial score (nSPS) is 46.8. The molecule has 0 aromatic rings. The third-order valence-electron chi connectivity index (χ3n) is 7.49. The van der Waals surface area contributed by atoms with Gasteiger partial charge in [0.05, 0.1) is 0 Å². The molecule has 0 aromatic heterocycles. The molecule has 0 spiro atoms. The van der Waals surface area contributed by atoms with Gasteiger partial charge in [-0.2, -0.15) is 0 Å². The molecule has 0 radical (unpaired) electrons. The first-order valence-corrected chi connectivity index (χ1v) is 10.8. The second kappa shape index (κ2) is 5.21. The van der Waals surface area contributed by atoms with Crippen molar-refractivity contribution in [3.63, 3.8) is 0 Å². The van der Waals surface area contributed by atoms with Crippen molar-refractivity contribution in [3.05, 3.63) is 0 Å². The highest BCUT2D eigenvalue weighted by molar-refractivity contribution is 7.91. The molecule has 0 N–H and O–H groups in total. The van der Waals surface area contributed by atoms with Crippen molar-refractivity contribution in [1.82, 2.24) is 0 Å². The Balaban J connectivity index is 1.50. The van der Waals surface area contributed by atoms with Gasteiger partial charge in [0.15, 0.2) is 0 Å². The van der Waals surface area contributed by atoms with Gasteiger partial charge in [-0.15, -0.1) is 4.40 Å². The number of ether oxygens (including phenoxy) is 1. The van der Waals surface area contributed by atoms with Crippen molar-refractivity contribution >= 4 is 15.9 Å². The van der Waals surface area contributed by atoms with Crippen LogP contribution in [0.15, 0.2) is 4.40 Å². The van der Waals surface area contributed by atoms with Gasteiger partial charge in [0, 0.05) is 6.42 Å². The lowest BCUT2D eigenvalue weighted by Crippen LogP contribution is -2.55. The standard InChI is InChI=1S/C18H29NO3S/c1-11-12(8-13-10-14(11)18(13,2)3)9-17-19-23(20,21)16-7-5-4-6-15(16)22-17/h11-16H,4-10H2,1-3H3/t11-,12-,13+,14+,15?,16?/m1/s1. The van der Waals surface area contributed by atoms with Crippen LogP contribution in [-0.4, -0.2) is 25.7 Å². The van der Waals surface area contributed by atoms with Gasteiger partial charge in [-0.05, 0) is 61.2 Å². The predicted octanol–water partition coefficient (Wildman–Crippen LogP) is 3.76. The highest BCUT2D eigenvalue weighted by Gasteiger charge is 2.56. The Morgan fingerprint density at radius 3 is 2.65 bits per heavy atom. The molecule has 0 aromatic carbocycles. The summed E-state index contributed by atoms with van der Waals surface area (Å²) in [5.41, 5.74) is 0.464. The molecule has 1 aliphatic heterocycles. The summed E-state index contributed by atoms with van der Waals surface area (Å²) < 4.78 is 35.0. The van der Waals surface area contributed by atoms with E-state index in [1.54, 1.807) is 0 Å². The van der Waals surface area contributed by atoms with E-state index in [4.69, 9.17) is 4.74 Å². The maximum atomic E-state index is 12.5. The highest BCUT2D eigenvalue weighted by atomic mass is 32.2. The Hall–Kier alpha value is -0.580. The second-order valence-electron chi connectivity index (χ2n) is 8.90. The van der Waals surface area contributed by atoms with Crippen molar-refractivity contribution in [2.75, 3.05) is 0 Å². The average Bonchev–Trinajstić information content (AvgIpc) is 2.48. The Bertz CT molecular complexity index is 624. The maximum absolute atomic E-state index is 12.5. The van der Waals surface area contributed by atoms with Gasteiger partial charge in [-0.25, -0.2) is 8.42 Å². The molecule has 5 rings (SSSR count). The van der Waals surface area contributed by atoms with E-state index in [0.717, 1.165) is 31.1 Å². The van der Waals surface area contributed by atoms with Crippen LogP contribution in [0.25, 0.3) is 0 Å². The van der Waals surface area contributed by atoms with E-state index in [9.17, 15) is 8.42 Å². The number of rotatable bonds is 2. The summed E-state index contributed by atoms with van der Waals surface area (Å²) in [4.78, 5) is 0. The monoisotopic (exact) mass is 339 g/mol. The average molecular weight is 340 g/mol. The fourth-order valence-electron chi connectivity index (χ4n) is 5.78. The van der Waals surface area contributed by atoms with Crippen LogP contribution in [0, 0.1) is 29.1 Å². The van der Waals surface area contributed by atoms with Gasteiger partial charge in [0.2, 0.25) is 5.90 Å². The number of sulfonamides is 1. The Labute approximate surface area is 140 Å². The van der Waals surface area contributed by atoms with E-state index >= 15 is 0 Å². The molecule has 6 atom stereocenters. The summed E-state index contributed by atoms with van der Waals surface area (Å²) in [7, 11) is -3.36. The third kappa shape index (κ3) is 2.45. The van der Waals surface area contributed by atoms with Gasteiger partial charge < -0.3 is 4.74 Å². The first-order valence-electron chi connectivity index (χ1n) is 9.28. The number of hydrogen-bond donors (Lipinski definition) is 0. The molecule has 4 nitrogen and oxygen atoms in total. The molecule has 0 amide bonds. The zero-order valence-electron chi connectivity index (χ0n) is 14.5. The number of nitrogens with zero attached hydrogens (tertiary/aromatic N) is 1. The van der Waals surface area contributed by atoms with E-state index in [2.05, 4.69) is 25.2 Å². The van der Waals surface area contributed by atoms with Crippen molar-refractivity contribution in [2.24, 2.45) is 33.5 Å². The van der Waals surface area contributed by atoms with Crippen molar-refractivity contribution in [3.8, 4) is 0 Å². The first-order chi connectivity index (χ1) is 10.8. The predicted molar refractivity (Wildman–Crippen MR) is 90.7 cm³/mol. The third-order valence-corrected chi connectivity index (χ3v) is 9.25. The Morgan fingerprint density at radius 1 is 1.22 bits per heavy atom. The van der Waals surface area contributed by atoms with Crippen LogP contribution in [0.5, 0.6) is 0 Å². The SMILES string of the molecule is C[C@@H]1[C@@H](CC2=NS(=O)(=O)C3CCCCC3O2)C[C@H]2C[C@@H]1C2(C)C. The van der Waals surface area contributed by atoms with Crippen LogP contribution in [0.2, 0.25) is 0 Å².